The van der Waals surface area contributed by atoms with Crippen LogP contribution in [0.1, 0.15) is 21.5 Å². The van der Waals surface area contributed by atoms with Crippen LogP contribution in [-0.2, 0) is 4.79 Å². The molecule has 1 amide bonds. The summed E-state index contributed by atoms with van der Waals surface area (Å²) in [5, 5.41) is 8.77. The van der Waals surface area contributed by atoms with Gasteiger partial charge in [-0.15, -0.1) is 6.42 Å². The highest BCUT2D eigenvalue weighted by atomic mass is 16.4. The fraction of sp³-hybridized carbons (Fsp3) is 0.286. The van der Waals surface area contributed by atoms with E-state index in [4.69, 9.17) is 11.5 Å². The second kappa shape index (κ2) is 5.87. The average molecular weight is 245 g/mol. The molecule has 0 unspecified atom stereocenters. The minimum atomic E-state index is -1.08. The molecule has 4 heteroatoms. The highest BCUT2D eigenvalue weighted by molar-refractivity contribution is 5.97. The van der Waals surface area contributed by atoms with Crippen LogP contribution in [0.25, 0.3) is 0 Å². The minimum Gasteiger partial charge on any atom is -0.480 e. The van der Waals surface area contributed by atoms with Crippen molar-refractivity contribution in [2.24, 2.45) is 0 Å². The molecule has 1 aromatic rings. The number of nitrogens with zero attached hydrogens (tertiary/aromatic N) is 1. The number of carbonyl (C=O) groups excluding carboxylic acids is 1. The van der Waals surface area contributed by atoms with Crippen molar-refractivity contribution in [3.8, 4) is 12.3 Å². The second-order valence-corrected chi connectivity index (χ2v) is 4.08. The molecule has 0 aliphatic carbocycles. The van der Waals surface area contributed by atoms with Gasteiger partial charge in [-0.25, -0.2) is 0 Å². The Morgan fingerprint density at radius 3 is 2.61 bits per heavy atom. The Morgan fingerprint density at radius 2 is 2.06 bits per heavy atom. The van der Waals surface area contributed by atoms with E-state index in [-0.39, 0.29) is 12.5 Å². The molecule has 0 spiro atoms. The smallest absolute Gasteiger partial charge is 0.323 e. The highest BCUT2D eigenvalue weighted by Crippen LogP contribution is 2.13. The van der Waals surface area contributed by atoms with Gasteiger partial charge >= 0.3 is 5.97 Å². The Bertz CT molecular complexity index is 514. The molecule has 0 saturated heterocycles. The molecule has 1 rings (SSSR count). The lowest BCUT2D eigenvalue weighted by molar-refractivity contribution is -0.137. The predicted octanol–water partition coefficient (Wildman–Crippen LogP) is 1.46. The van der Waals surface area contributed by atoms with Crippen molar-refractivity contribution in [1.82, 2.24) is 4.90 Å². The lowest BCUT2D eigenvalue weighted by Gasteiger charge is -2.19. The molecule has 0 aliphatic heterocycles. The summed E-state index contributed by atoms with van der Waals surface area (Å²) >= 11 is 0. The molecule has 0 heterocycles. The number of carboxylic acid groups (broad SMARTS) is 1. The summed E-state index contributed by atoms with van der Waals surface area (Å²) in [6.45, 7) is 3.27. The Kier molecular flexibility index (Phi) is 4.50. The number of carbonyl (C=O) groups is 2. The summed E-state index contributed by atoms with van der Waals surface area (Å²) in [5.74, 6) is 0.870. The molecule has 0 aromatic heterocycles. The third-order valence-corrected chi connectivity index (χ3v) is 2.52. The first-order valence-corrected chi connectivity index (χ1v) is 5.47. The van der Waals surface area contributed by atoms with Gasteiger partial charge in [-0.1, -0.05) is 23.6 Å². The summed E-state index contributed by atoms with van der Waals surface area (Å²) in [6, 6.07) is 5.47. The van der Waals surface area contributed by atoms with Gasteiger partial charge in [0.15, 0.2) is 0 Å². The van der Waals surface area contributed by atoms with Crippen LogP contribution in [0.3, 0.4) is 0 Å². The van der Waals surface area contributed by atoms with Gasteiger partial charge in [-0.05, 0) is 25.5 Å². The van der Waals surface area contributed by atoms with Crippen LogP contribution in [0, 0.1) is 26.2 Å². The number of aryl methyl sites for hydroxylation is 2. The number of rotatable bonds is 4. The topological polar surface area (TPSA) is 57.6 Å². The molecule has 1 N–H and O–H groups in total. The van der Waals surface area contributed by atoms with Crippen molar-refractivity contribution in [2.45, 2.75) is 13.8 Å². The first-order chi connectivity index (χ1) is 8.45. The lowest BCUT2D eigenvalue weighted by Crippen LogP contribution is -2.36. The van der Waals surface area contributed by atoms with Crippen LogP contribution in [-0.4, -0.2) is 35.0 Å². The van der Waals surface area contributed by atoms with Crippen LogP contribution in [0.2, 0.25) is 0 Å². The van der Waals surface area contributed by atoms with E-state index in [2.05, 4.69) is 5.92 Å². The molecule has 94 valence electrons. The van der Waals surface area contributed by atoms with Crippen LogP contribution in [0.15, 0.2) is 18.2 Å². The number of terminal acetylenes is 1. The Hall–Kier alpha value is -2.28. The maximum absolute atomic E-state index is 12.2. The number of aliphatic carboxylic acids is 1. The summed E-state index contributed by atoms with van der Waals surface area (Å²) in [5.41, 5.74) is 2.24. The van der Waals surface area contributed by atoms with E-state index in [1.807, 2.05) is 26.0 Å². The minimum absolute atomic E-state index is 0.0154. The highest BCUT2D eigenvalue weighted by Gasteiger charge is 2.19. The Balaban J connectivity index is 3.05. The van der Waals surface area contributed by atoms with Crippen LogP contribution >= 0.6 is 0 Å². The number of hydrogen-bond acceptors (Lipinski definition) is 2. The van der Waals surface area contributed by atoms with Gasteiger partial charge in [0.2, 0.25) is 0 Å². The monoisotopic (exact) mass is 245 g/mol. The number of carboxylic acids is 1. The van der Waals surface area contributed by atoms with Crippen LogP contribution in [0.5, 0.6) is 0 Å². The Morgan fingerprint density at radius 1 is 1.39 bits per heavy atom. The zero-order valence-corrected chi connectivity index (χ0v) is 10.4. The molecule has 0 radical (unpaired) electrons. The van der Waals surface area contributed by atoms with Crippen LogP contribution in [0.4, 0.5) is 0 Å². The molecule has 1 aromatic carbocycles. The molecule has 4 nitrogen and oxygen atoms in total. The summed E-state index contributed by atoms with van der Waals surface area (Å²) in [4.78, 5) is 24.1. The maximum Gasteiger partial charge on any atom is 0.323 e. The fourth-order valence-corrected chi connectivity index (χ4v) is 1.61. The molecule has 0 atom stereocenters. The van der Waals surface area contributed by atoms with E-state index in [1.54, 1.807) is 6.07 Å². The van der Waals surface area contributed by atoms with Crippen molar-refractivity contribution < 1.29 is 14.7 Å². The fourth-order valence-electron chi connectivity index (χ4n) is 1.61. The van der Waals surface area contributed by atoms with Gasteiger partial charge in [0, 0.05) is 5.56 Å². The van der Waals surface area contributed by atoms with Crippen molar-refractivity contribution >= 4 is 11.9 Å². The third kappa shape index (κ3) is 3.36. The van der Waals surface area contributed by atoms with Gasteiger partial charge in [-0.2, -0.15) is 0 Å². The average Bonchev–Trinajstić information content (AvgIpc) is 2.30. The van der Waals surface area contributed by atoms with E-state index in [0.717, 1.165) is 16.0 Å². The van der Waals surface area contributed by atoms with Crippen molar-refractivity contribution in [2.75, 3.05) is 13.1 Å². The lowest BCUT2D eigenvalue weighted by atomic mass is 10.0. The summed E-state index contributed by atoms with van der Waals surface area (Å²) < 4.78 is 0. The van der Waals surface area contributed by atoms with E-state index in [0.29, 0.717) is 5.56 Å². The van der Waals surface area contributed by atoms with Crippen molar-refractivity contribution in [3.05, 3.63) is 34.9 Å². The van der Waals surface area contributed by atoms with Gasteiger partial charge in [-0.3, -0.25) is 9.59 Å². The van der Waals surface area contributed by atoms with E-state index in [1.165, 1.54) is 0 Å². The largest absolute Gasteiger partial charge is 0.480 e. The van der Waals surface area contributed by atoms with E-state index >= 15 is 0 Å². The van der Waals surface area contributed by atoms with Gasteiger partial charge in [0.1, 0.15) is 6.54 Å². The maximum atomic E-state index is 12.2. The second-order valence-electron chi connectivity index (χ2n) is 4.08. The van der Waals surface area contributed by atoms with Crippen molar-refractivity contribution in [3.63, 3.8) is 0 Å². The quantitative estimate of drug-likeness (QED) is 0.817. The first-order valence-electron chi connectivity index (χ1n) is 5.47. The normalized spacial score (nSPS) is 9.61. The molecule has 0 fully saturated rings. The third-order valence-electron chi connectivity index (χ3n) is 2.52. The SMILES string of the molecule is C#CCN(CC(=O)O)C(=O)c1cc(C)ccc1C. The molecule has 0 saturated carbocycles. The predicted molar refractivity (Wildman–Crippen MR) is 68.3 cm³/mol. The summed E-state index contributed by atoms with van der Waals surface area (Å²) in [7, 11) is 0. The Labute approximate surface area is 106 Å². The summed E-state index contributed by atoms with van der Waals surface area (Å²) in [6.07, 6.45) is 5.15. The van der Waals surface area contributed by atoms with Gasteiger partial charge in [0.05, 0.1) is 6.54 Å². The number of amides is 1. The van der Waals surface area contributed by atoms with Gasteiger partial charge in [0.25, 0.3) is 5.91 Å². The first kappa shape index (κ1) is 13.8. The molecular formula is C14H15NO3. The number of hydrogen-bond donors (Lipinski definition) is 1. The van der Waals surface area contributed by atoms with E-state index in [9.17, 15) is 9.59 Å². The standard InChI is InChI=1S/C14H15NO3/c1-4-7-15(9-13(16)17)14(18)12-8-10(2)5-6-11(12)3/h1,5-6,8H,7,9H2,2-3H3,(H,16,17). The zero-order chi connectivity index (χ0) is 13.7. The van der Waals surface area contributed by atoms with Gasteiger partial charge < -0.3 is 10.0 Å². The molecule has 0 bridgehead atoms. The van der Waals surface area contributed by atoms with E-state index < -0.39 is 12.5 Å². The zero-order valence-electron chi connectivity index (χ0n) is 10.4. The molecular weight excluding hydrogens is 230 g/mol. The molecule has 18 heavy (non-hydrogen) atoms. The number of benzene rings is 1. The van der Waals surface area contributed by atoms with Crippen molar-refractivity contribution in [1.29, 1.82) is 0 Å². The molecule has 0 aliphatic rings. The van der Waals surface area contributed by atoms with Crippen LogP contribution < -0.4 is 0 Å².